The number of likely N-dealkylation sites (N-methyl/N-ethyl adjacent to an activating group) is 1. The third-order valence-electron chi connectivity index (χ3n) is 9.40. The number of rotatable bonds is 8. The van der Waals surface area contributed by atoms with Gasteiger partial charge >= 0.3 is 12.2 Å². The zero-order chi connectivity index (χ0) is 28.8. The molecule has 3 atom stereocenters. The number of aliphatic hydroxyl groups excluding tert-OH is 1. The standard InChI is InChI=1S/C31H41N8O3/c1-21-6-3-7-22-8-4-10-27(29(21)22)36-13-11-25-26(18-36)33-31(42-20-23-9-5-12-35(23)2)34-30(25)37-14-15-38(24(17-37)19-40)39(41)28-16-32-28/h3-4,6-8,10,23-24,28,32,40H,5,9,11-20H2,1-2H3/q+1/t23-,24+,28-/m0/s1. The van der Waals surface area contributed by atoms with Gasteiger partial charge in [-0.2, -0.15) is 9.97 Å². The minimum Gasteiger partial charge on any atom is -0.462 e. The Morgan fingerprint density at radius 2 is 1.90 bits per heavy atom. The van der Waals surface area contributed by atoms with Crippen LogP contribution in [0.2, 0.25) is 0 Å². The maximum Gasteiger partial charge on any atom is 0.318 e. The average molecular weight is 574 g/mol. The molecule has 0 aliphatic carbocycles. The van der Waals surface area contributed by atoms with Crippen LogP contribution in [0.25, 0.3) is 10.8 Å². The van der Waals surface area contributed by atoms with Crippen LogP contribution in [0.3, 0.4) is 0 Å². The minimum absolute atomic E-state index is 0.0964. The van der Waals surface area contributed by atoms with E-state index >= 15 is 0 Å². The van der Waals surface area contributed by atoms with E-state index in [1.54, 1.807) is 5.01 Å². The molecule has 0 radical (unpaired) electrons. The van der Waals surface area contributed by atoms with Crippen molar-refractivity contribution in [1.29, 1.82) is 0 Å². The fraction of sp³-hybridized carbons (Fsp3) is 0.548. The summed E-state index contributed by atoms with van der Waals surface area (Å²) in [6.07, 6.45) is 2.92. The number of nitrogens with zero attached hydrogens (tertiary/aromatic N) is 7. The topological polar surface area (TPSA) is 110 Å². The maximum atomic E-state index is 12.8. The van der Waals surface area contributed by atoms with Crippen molar-refractivity contribution in [3.63, 3.8) is 0 Å². The Kier molecular flexibility index (Phi) is 7.33. The van der Waals surface area contributed by atoms with Gasteiger partial charge in [0.2, 0.25) is 0 Å². The molecule has 0 saturated carbocycles. The maximum absolute atomic E-state index is 12.8. The highest BCUT2D eigenvalue weighted by atomic mass is 16.5. The summed E-state index contributed by atoms with van der Waals surface area (Å²) in [6.45, 7) is 7.62. The van der Waals surface area contributed by atoms with Crippen LogP contribution < -0.4 is 19.9 Å². The Hall–Kier alpha value is -3.54. The third-order valence-corrected chi connectivity index (χ3v) is 9.40. The van der Waals surface area contributed by atoms with Crippen molar-refractivity contribution in [2.75, 3.05) is 69.3 Å². The fourth-order valence-electron chi connectivity index (χ4n) is 6.89. The van der Waals surface area contributed by atoms with Crippen LogP contribution in [0, 0.1) is 11.8 Å². The Morgan fingerprint density at radius 1 is 1.07 bits per heavy atom. The van der Waals surface area contributed by atoms with Gasteiger partial charge < -0.3 is 24.5 Å². The van der Waals surface area contributed by atoms with E-state index in [-0.39, 0.29) is 18.8 Å². The van der Waals surface area contributed by atoms with E-state index < -0.39 is 0 Å². The van der Waals surface area contributed by atoms with Gasteiger partial charge in [0.1, 0.15) is 23.3 Å². The predicted molar refractivity (Wildman–Crippen MR) is 162 cm³/mol. The molecule has 11 heteroatoms. The zero-order valence-corrected chi connectivity index (χ0v) is 24.6. The molecule has 3 aromatic rings. The van der Waals surface area contributed by atoms with Crippen molar-refractivity contribution in [2.45, 2.75) is 51.0 Å². The Bertz CT molecular complexity index is 1470. The number of piperazine rings is 1. The third kappa shape index (κ3) is 5.14. The van der Waals surface area contributed by atoms with Gasteiger partial charge in [-0.1, -0.05) is 30.3 Å². The largest absolute Gasteiger partial charge is 0.462 e. The molecule has 42 heavy (non-hydrogen) atoms. The summed E-state index contributed by atoms with van der Waals surface area (Å²) in [6, 6.07) is 13.5. The number of hydrogen-bond donors (Lipinski definition) is 2. The lowest BCUT2D eigenvalue weighted by Crippen LogP contribution is -2.58. The van der Waals surface area contributed by atoms with Crippen LogP contribution in [0.15, 0.2) is 36.4 Å². The molecule has 2 aromatic carbocycles. The first-order valence-corrected chi connectivity index (χ1v) is 15.3. The number of aromatic nitrogens is 2. The predicted octanol–water partition coefficient (Wildman–Crippen LogP) is 2.08. The summed E-state index contributed by atoms with van der Waals surface area (Å²) in [5, 5.41) is 17.6. The number of likely N-dealkylation sites (tertiary alicyclic amines) is 1. The molecule has 5 heterocycles. The van der Waals surface area contributed by atoms with Crippen molar-refractivity contribution in [3.05, 3.63) is 58.1 Å². The molecule has 3 fully saturated rings. The smallest absolute Gasteiger partial charge is 0.318 e. The van der Waals surface area contributed by atoms with E-state index in [0.717, 1.165) is 47.9 Å². The van der Waals surface area contributed by atoms with Gasteiger partial charge in [0.05, 0.1) is 36.8 Å². The monoisotopic (exact) mass is 573 g/mol. The van der Waals surface area contributed by atoms with Gasteiger partial charge in [0.15, 0.2) is 0 Å². The van der Waals surface area contributed by atoms with Crippen molar-refractivity contribution < 1.29 is 14.7 Å². The minimum atomic E-state index is -0.306. The van der Waals surface area contributed by atoms with Gasteiger partial charge in [-0.05, 0) is 56.8 Å². The van der Waals surface area contributed by atoms with Gasteiger partial charge in [-0.15, -0.1) is 5.01 Å². The van der Waals surface area contributed by atoms with Gasteiger partial charge in [0.25, 0.3) is 0 Å². The number of benzene rings is 2. The van der Waals surface area contributed by atoms with Crippen molar-refractivity contribution >= 4 is 22.3 Å². The molecular formula is C31H41N8O3+. The number of ether oxygens (including phenoxy) is 1. The number of aryl methyl sites for hydroxylation is 1. The zero-order valence-electron chi connectivity index (χ0n) is 24.6. The summed E-state index contributed by atoms with van der Waals surface area (Å²) < 4.78 is 6.31. The molecule has 3 saturated heterocycles. The van der Waals surface area contributed by atoms with Crippen LogP contribution in [0.1, 0.15) is 29.7 Å². The van der Waals surface area contributed by atoms with Crippen molar-refractivity contribution in [1.82, 2.24) is 25.2 Å². The second-order valence-corrected chi connectivity index (χ2v) is 12.1. The number of hydrazine groups is 1. The number of hydrogen-bond acceptors (Lipinski definition) is 9. The number of fused-ring (bicyclic) bond motifs is 2. The molecule has 0 bridgehead atoms. The molecule has 0 unspecified atom stereocenters. The highest BCUT2D eigenvalue weighted by molar-refractivity contribution is 5.97. The first kappa shape index (κ1) is 27.3. The molecular weight excluding hydrogens is 532 g/mol. The summed E-state index contributed by atoms with van der Waals surface area (Å²) in [5.41, 5.74) is 4.62. The fourth-order valence-corrected chi connectivity index (χ4v) is 6.89. The molecule has 2 N–H and O–H groups in total. The van der Waals surface area contributed by atoms with Crippen molar-refractivity contribution in [2.24, 2.45) is 0 Å². The number of nitrogens with one attached hydrogen (secondary N) is 1. The normalized spacial score (nSPS) is 24.3. The lowest BCUT2D eigenvalue weighted by Gasteiger charge is -2.39. The van der Waals surface area contributed by atoms with Crippen LogP contribution >= 0.6 is 0 Å². The quantitative estimate of drug-likeness (QED) is 0.307. The van der Waals surface area contributed by atoms with Gasteiger partial charge in [0, 0.05) is 42.3 Å². The Labute approximate surface area is 246 Å². The second-order valence-electron chi connectivity index (χ2n) is 12.1. The average Bonchev–Trinajstić information content (AvgIpc) is 3.79. The lowest BCUT2D eigenvalue weighted by molar-refractivity contribution is -0.727. The van der Waals surface area contributed by atoms with E-state index in [1.165, 1.54) is 28.4 Å². The second kappa shape index (κ2) is 11.3. The highest BCUT2D eigenvalue weighted by Crippen LogP contribution is 2.36. The number of nitroso groups, excluding NO2 is 1. The summed E-state index contributed by atoms with van der Waals surface area (Å²) >= 11 is 0. The van der Waals surface area contributed by atoms with E-state index in [9.17, 15) is 10.0 Å². The van der Waals surface area contributed by atoms with E-state index in [0.29, 0.717) is 51.4 Å². The van der Waals surface area contributed by atoms with E-state index in [1.807, 2.05) is 0 Å². The number of aliphatic hydroxyl groups is 1. The van der Waals surface area contributed by atoms with E-state index in [4.69, 9.17) is 14.7 Å². The first-order valence-electron chi connectivity index (χ1n) is 15.3. The molecule has 1 aromatic heterocycles. The van der Waals surface area contributed by atoms with Crippen LogP contribution in [-0.4, -0.2) is 108 Å². The Morgan fingerprint density at radius 3 is 2.67 bits per heavy atom. The highest BCUT2D eigenvalue weighted by Gasteiger charge is 2.46. The summed E-state index contributed by atoms with van der Waals surface area (Å²) in [5.74, 6) is 0.878. The summed E-state index contributed by atoms with van der Waals surface area (Å²) in [7, 11) is 2.15. The van der Waals surface area contributed by atoms with E-state index in [2.05, 4.69) is 70.4 Å². The van der Waals surface area contributed by atoms with Gasteiger partial charge in [-0.25, -0.2) is 5.32 Å². The molecule has 0 spiro atoms. The molecule has 0 amide bonds. The lowest BCUT2D eigenvalue weighted by atomic mass is 9.99. The number of anilines is 2. The molecule has 11 nitrogen and oxygen atoms in total. The van der Waals surface area contributed by atoms with Crippen LogP contribution in [0.5, 0.6) is 6.01 Å². The molecule has 4 aliphatic rings. The Balaban J connectivity index is 1.20. The van der Waals surface area contributed by atoms with Crippen LogP contribution in [-0.2, 0) is 13.0 Å². The first-order chi connectivity index (χ1) is 20.5. The molecule has 222 valence electrons. The molecule has 7 rings (SSSR count). The summed E-state index contributed by atoms with van der Waals surface area (Å²) in [4.78, 5) is 30.8. The van der Waals surface area contributed by atoms with Crippen molar-refractivity contribution in [3.8, 4) is 6.01 Å². The van der Waals surface area contributed by atoms with Gasteiger partial charge in [-0.3, -0.25) is 0 Å². The molecule has 4 aliphatic heterocycles. The SMILES string of the molecule is Cc1cccc2cccc(N3CCc4c(nc(OC[C@@H]5CCCN5C)nc4N4CCN([N+](=O)[C@H]5CN5)[C@@H](CO)C4)C3)c12. The van der Waals surface area contributed by atoms with Crippen LogP contribution in [0.4, 0.5) is 11.5 Å².